The van der Waals surface area contributed by atoms with E-state index in [2.05, 4.69) is 120 Å². The van der Waals surface area contributed by atoms with Crippen molar-refractivity contribution in [3.8, 4) is 0 Å². The maximum atomic E-state index is 3.97. The van der Waals surface area contributed by atoms with Crippen molar-refractivity contribution in [2.75, 3.05) is 26.2 Å². The third kappa shape index (κ3) is 9.30. The summed E-state index contributed by atoms with van der Waals surface area (Å²) >= 11 is -2.24. The van der Waals surface area contributed by atoms with E-state index in [0.29, 0.717) is 3.93 Å². The molecule has 2 aliphatic rings. The van der Waals surface area contributed by atoms with Crippen molar-refractivity contribution in [2.24, 2.45) is 0 Å². The Morgan fingerprint density at radius 1 is 0.684 bits per heavy atom. The van der Waals surface area contributed by atoms with Crippen LogP contribution in [0.5, 0.6) is 0 Å². The van der Waals surface area contributed by atoms with Gasteiger partial charge in [0.05, 0.1) is 0 Å². The minimum absolute atomic E-state index is 0. The number of hydrogen-bond acceptors (Lipinski definition) is 0. The summed E-state index contributed by atoms with van der Waals surface area (Å²) in [7, 11) is 0. The molecule has 3 aromatic rings. The van der Waals surface area contributed by atoms with Gasteiger partial charge in [-0.1, -0.05) is 27.7 Å². The Hall–Kier alpha value is -1.52. The molecule has 0 bridgehead atoms. The number of benzene rings is 3. The first-order chi connectivity index (χ1) is 18.2. The molecule has 0 saturated heterocycles. The molecule has 0 spiro atoms. The zero-order valence-corrected chi connectivity index (χ0v) is 28.7. The fourth-order valence-electron chi connectivity index (χ4n) is 4.76. The zero-order chi connectivity index (χ0) is 26.3. The van der Waals surface area contributed by atoms with E-state index in [1.807, 2.05) is 27.7 Å². The maximum absolute atomic E-state index is 3.97. The molecule has 0 aromatic heterocycles. The van der Waals surface area contributed by atoms with Gasteiger partial charge >= 0.3 is 195 Å². The molecule has 5 rings (SSSR count). The molecule has 2 aliphatic carbocycles. The van der Waals surface area contributed by atoms with Crippen LogP contribution in [0.1, 0.15) is 49.2 Å². The predicted molar refractivity (Wildman–Crippen MR) is 166 cm³/mol. The molecule has 38 heavy (non-hydrogen) atoms. The first-order valence-corrected chi connectivity index (χ1v) is 18.2. The van der Waals surface area contributed by atoms with E-state index < -0.39 is 19.8 Å². The summed E-state index contributed by atoms with van der Waals surface area (Å²) < 4.78 is 3.69. The Kier molecular flexibility index (Phi) is 16.1. The van der Waals surface area contributed by atoms with Crippen LogP contribution in [0, 0.1) is 0 Å². The molecule has 0 amide bonds. The molecular formula is C34H41N2SnZr. The second-order valence-corrected chi connectivity index (χ2v) is 16.1. The van der Waals surface area contributed by atoms with E-state index in [1.54, 1.807) is 12.7 Å². The van der Waals surface area contributed by atoms with Gasteiger partial charge in [0, 0.05) is 0 Å². The molecule has 0 N–H and O–H groups in total. The molecule has 1 atom stereocenters. The molecule has 195 valence electrons. The molecule has 1 unspecified atom stereocenters. The van der Waals surface area contributed by atoms with Crippen LogP contribution in [-0.4, -0.2) is 45.9 Å². The van der Waals surface area contributed by atoms with Crippen molar-refractivity contribution >= 4 is 33.0 Å². The van der Waals surface area contributed by atoms with Crippen LogP contribution in [0.25, 0.3) is 16.7 Å². The van der Waals surface area contributed by atoms with Gasteiger partial charge < -0.3 is 10.6 Å². The van der Waals surface area contributed by atoms with Crippen molar-refractivity contribution < 1.29 is 26.2 Å². The summed E-state index contributed by atoms with van der Waals surface area (Å²) in [6.07, 6.45) is 10.3. The predicted octanol–water partition coefficient (Wildman–Crippen LogP) is 7.70. The maximum Gasteiger partial charge on any atom is 2.00 e. The number of fused-ring (bicyclic) bond motifs is 1. The summed E-state index contributed by atoms with van der Waals surface area (Å²) in [6, 6.07) is 31.6. The number of rotatable bonds is 8. The van der Waals surface area contributed by atoms with Crippen LogP contribution in [-0.2, 0) is 26.2 Å². The van der Waals surface area contributed by atoms with E-state index >= 15 is 0 Å². The van der Waals surface area contributed by atoms with Gasteiger partial charge in [0.2, 0.25) is 0 Å². The van der Waals surface area contributed by atoms with Crippen molar-refractivity contribution in [1.29, 1.82) is 0 Å². The van der Waals surface area contributed by atoms with E-state index in [1.165, 1.54) is 16.7 Å². The molecule has 1 radical (unpaired) electrons. The quantitative estimate of drug-likeness (QED) is 0.217. The molecule has 3 aromatic carbocycles. The number of hydrogen-bond donors (Lipinski definition) is 0. The standard InChI is InChI=1S/C14H11.2C6H5.2C4H10N.Sn.Zr/c1-2-6-11(5-1)14-9-12-7-3-4-8-13(12)10-14;2*1-2-4-6-5-3-1;2*1-3-5-4-2;;/h1-5,7-10H,6H2;2*1-5H;2*3-4H2,1-2H3;;/q;;;2*-1;;+2. The summed E-state index contributed by atoms with van der Waals surface area (Å²) in [5.74, 6) is 0. The third-order valence-corrected chi connectivity index (χ3v) is 15.3. The van der Waals surface area contributed by atoms with E-state index in [4.69, 9.17) is 0 Å². The number of allylic oxidation sites excluding steroid dienone is 5. The van der Waals surface area contributed by atoms with Crippen LogP contribution >= 0.6 is 0 Å². The van der Waals surface area contributed by atoms with Gasteiger partial charge in [-0.15, -0.1) is 0 Å². The molecule has 2 nitrogen and oxygen atoms in total. The first-order valence-electron chi connectivity index (χ1n) is 13.7. The van der Waals surface area contributed by atoms with Crippen LogP contribution in [0.4, 0.5) is 0 Å². The molecule has 0 fully saturated rings. The molecular weight excluding hydrogens is 646 g/mol. The second kappa shape index (κ2) is 18.7. The Morgan fingerprint density at radius 3 is 1.63 bits per heavy atom. The van der Waals surface area contributed by atoms with Crippen molar-refractivity contribution in [2.45, 2.75) is 38.0 Å². The summed E-state index contributed by atoms with van der Waals surface area (Å²) in [6.45, 7) is 12.1. The van der Waals surface area contributed by atoms with Gasteiger partial charge in [0.15, 0.2) is 0 Å². The van der Waals surface area contributed by atoms with E-state index in [-0.39, 0.29) is 26.2 Å². The van der Waals surface area contributed by atoms with Crippen molar-refractivity contribution in [3.63, 3.8) is 0 Å². The monoisotopic (exact) mass is 687 g/mol. The van der Waals surface area contributed by atoms with E-state index in [9.17, 15) is 0 Å². The average molecular weight is 688 g/mol. The van der Waals surface area contributed by atoms with Crippen LogP contribution < -0.4 is 7.16 Å². The minimum atomic E-state index is -2.24. The third-order valence-electron chi connectivity index (χ3n) is 6.42. The van der Waals surface area contributed by atoms with Gasteiger partial charge in [-0.05, 0) is 0 Å². The van der Waals surface area contributed by atoms with Gasteiger partial charge in [0.25, 0.3) is 0 Å². The van der Waals surface area contributed by atoms with Gasteiger partial charge in [-0.2, -0.15) is 26.2 Å². The summed E-state index contributed by atoms with van der Waals surface area (Å²) in [5, 5.41) is 7.94. The van der Waals surface area contributed by atoms with Crippen LogP contribution in [0.15, 0.2) is 114 Å². The first kappa shape index (κ1) is 32.7. The van der Waals surface area contributed by atoms with Crippen LogP contribution in [0.2, 0.25) is 0 Å². The van der Waals surface area contributed by atoms with Crippen molar-refractivity contribution in [1.82, 2.24) is 0 Å². The van der Waals surface area contributed by atoms with Gasteiger partial charge in [0.1, 0.15) is 0 Å². The Bertz CT molecular complexity index is 1110. The molecule has 0 saturated carbocycles. The smallest absolute Gasteiger partial charge is 0.663 e. The van der Waals surface area contributed by atoms with Crippen molar-refractivity contribution in [3.05, 3.63) is 136 Å². The van der Waals surface area contributed by atoms with Gasteiger partial charge in [-0.3, -0.25) is 0 Å². The average Bonchev–Trinajstić information content (AvgIpc) is 3.61. The fourth-order valence-corrected chi connectivity index (χ4v) is 14.1. The Balaban J connectivity index is 0.000000398. The van der Waals surface area contributed by atoms with Crippen LogP contribution in [0.3, 0.4) is 0 Å². The summed E-state index contributed by atoms with van der Waals surface area (Å²) in [5.41, 5.74) is 6.00. The molecule has 4 heteroatoms. The number of nitrogens with zero attached hydrogens (tertiary/aromatic N) is 2. The zero-order valence-electron chi connectivity index (χ0n) is 23.4. The minimum Gasteiger partial charge on any atom is -0.663 e. The largest absolute Gasteiger partial charge is 2.00 e. The molecule has 0 heterocycles. The normalized spacial score (nSPS) is 14.8. The molecule has 0 aliphatic heterocycles. The topological polar surface area (TPSA) is 28.2 Å². The Labute approximate surface area is 257 Å². The van der Waals surface area contributed by atoms with Gasteiger partial charge in [-0.25, -0.2) is 0 Å². The Morgan fingerprint density at radius 2 is 1.18 bits per heavy atom. The van der Waals surface area contributed by atoms with E-state index in [0.717, 1.165) is 32.6 Å². The summed E-state index contributed by atoms with van der Waals surface area (Å²) in [4.78, 5) is 0. The second-order valence-electron chi connectivity index (χ2n) is 8.84. The SMILES string of the molecule is C1=CCC(C2=Cc3ccccc3[CH]2[Sn]([c]2ccccc2)[c]2ccccc2)=C1.CC[N-]CC.CC[N-]CC.[Zr+2]. The fraction of sp³-hybridized carbons (Fsp3) is 0.294.